The molecule has 0 atom stereocenters. The maximum atomic E-state index is 13.4. The van der Waals surface area contributed by atoms with Crippen molar-refractivity contribution in [2.75, 3.05) is 7.11 Å². The molecule has 0 spiro atoms. The first-order valence-corrected chi connectivity index (χ1v) is 9.63. The van der Waals surface area contributed by atoms with Crippen molar-refractivity contribution < 1.29 is 35.8 Å². The number of aryl methyl sites for hydroxylation is 1. The van der Waals surface area contributed by atoms with Crippen LogP contribution in [0.2, 0.25) is 0 Å². The SMILES string of the molecule is COc1c(C)cccc1Cc1cccc(Cc2ccccc2C(F)(F)F)c1OC(F)(F)F. The first-order chi connectivity index (χ1) is 15.0. The van der Waals surface area contributed by atoms with Gasteiger partial charge in [-0.2, -0.15) is 13.2 Å². The molecule has 0 saturated heterocycles. The van der Waals surface area contributed by atoms with Crippen molar-refractivity contribution in [3.63, 3.8) is 0 Å². The van der Waals surface area contributed by atoms with E-state index in [0.717, 1.165) is 11.6 Å². The molecule has 0 fully saturated rings. The fraction of sp³-hybridized carbons (Fsp3) is 0.250. The Hall–Kier alpha value is -3.16. The summed E-state index contributed by atoms with van der Waals surface area (Å²) in [5, 5.41) is 0. The quantitative estimate of drug-likeness (QED) is 0.370. The van der Waals surface area contributed by atoms with Crippen molar-refractivity contribution in [1.82, 2.24) is 0 Å². The molecule has 0 bridgehead atoms. The Morgan fingerprint density at radius 3 is 1.72 bits per heavy atom. The van der Waals surface area contributed by atoms with Gasteiger partial charge in [0.25, 0.3) is 0 Å². The monoisotopic (exact) mass is 454 g/mol. The Bertz CT molecular complexity index is 1090. The Balaban J connectivity index is 2.09. The van der Waals surface area contributed by atoms with Crippen molar-refractivity contribution in [1.29, 1.82) is 0 Å². The zero-order chi connectivity index (χ0) is 23.5. The Morgan fingerprint density at radius 1 is 0.656 bits per heavy atom. The van der Waals surface area contributed by atoms with Gasteiger partial charge in [0.15, 0.2) is 0 Å². The molecule has 0 aromatic heterocycles. The third-order valence-corrected chi connectivity index (χ3v) is 4.98. The number of benzene rings is 3. The second-order valence-electron chi connectivity index (χ2n) is 7.23. The average Bonchev–Trinajstić information content (AvgIpc) is 2.69. The van der Waals surface area contributed by atoms with Crippen molar-refractivity contribution >= 4 is 0 Å². The highest BCUT2D eigenvalue weighted by Gasteiger charge is 2.35. The summed E-state index contributed by atoms with van der Waals surface area (Å²) >= 11 is 0. The lowest BCUT2D eigenvalue weighted by molar-refractivity contribution is -0.275. The fourth-order valence-corrected chi connectivity index (χ4v) is 3.67. The zero-order valence-electron chi connectivity index (χ0n) is 17.3. The van der Waals surface area contributed by atoms with Gasteiger partial charge in [0, 0.05) is 12.8 Å². The zero-order valence-corrected chi connectivity index (χ0v) is 17.3. The van der Waals surface area contributed by atoms with Crippen LogP contribution < -0.4 is 9.47 Å². The van der Waals surface area contributed by atoms with E-state index in [1.165, 1.54) is 43.5 Å². The molecule has 32 heavy (non-hydrogen) atoms. The smallest absolute Gasteiger partial charge is 0.496 e. The number of alkyl halides is 6. The number of methoxy groups -OCH3 is 1. The molecular weight excluding hydrogens is 434 g/mol. The van der Waals surface area contributed by atoms with Crippen molar-refractivity contribution in [3.8, 4) is 11.5 Å². The summed E-state index contributed by atoms with van der Waals surface area (Å²) in [6, 6.07) is 14.4. The van der Waals surface area contributed by atoms with Crippen LogP contribution in [-0.4, -0.2) is 13.5 Å². The molecule has 0 heterocycles. The summed E-state index contributed by atoms with van der Waals surface area (Å²) < 4.78 is 89.5. The minimum Gasteiger partial charge on any atom is -0.496 e. The van der Waals surface area contributed by atoms with Gasteiger partial charge in [-0.15, -0.1) is 13.2 Å². The van der Waals surface area contributed by atoms with Gasteiger partial charge < -0.3 is 9.47 Å². The predicted octanol–water partition coefficient (Wildman–Crippen LogP) is 7.10. The molecule has 0 saturated carbocycles. The standard InChI is InChI=1S/C24H20F6O2/c1-15-7-5-9-17(21(15)31-2)14-19-11-6-10-18(22(19)32-24(28,29)30)13-16-8-3-4-12-20(16)23(25,26)27/h3-12H,13-14H2,1-2H3. The largest absolute Gasteiger partial charge is 0.573 e. The van der Waals surface area contributed by atoms with Crippen LogP contribution >= 0.6 is 0 Å². The number of hydrogen-bond acceptors (Lipinski definition) is 2. The van der Waals surface area contributed by atoms with Gasteiger partial charge in [-0.1, -0.05) is 54.6 Å². The number of hydrogen-bond donors (Lipinski definition) is 0. The van der Waals surface area contributed by atoms with E-state index in [1.54, 1.807) is 25.1 Å². The molecule has 8 heteroatoms. The average molecular weight is 454 g/mol. The van der Waals surface area contributed by atoms with E-state index in [1.807, 2.05) is 0 Å². The lowest BCUT2D eigenvalue weighted by Crippen LogP contribution is -2.20. The van der Waals surface area contributed by atoms with Gasteiger partial charge in [-0.3, -0.25) is 0 Å². The summed E-state index contributed by atoms with van der Waals surface area (Å²) in [5.74, 6) is 0.0267. The molecule has 3 rings (SSSR count). The Labute approximate surface area is 181 Å². The summed E-state index contributed by atoms with van der Waals surface area (Å²) in [7, 11) is 1.46. The summed E-state index contributed by atoms with van der Waals surface area (Å²) in [4.78, 5) is 0. The van der Waals surface area contributed by atoms with Gasteiger partial charge >= 0.3 is 12.5 Å². The first-order valence-electron chi connectivity index (χ1n) is 9.63. The topological polar surface area (TPSA) is 18.5 Å². The first kappa shape index (κ1) is 23.5. The van der Waals surface area contributed by atoms with E-state index in [0.29, 0.717) is 11.3 Å². The van der Waals surface area contributed by atoms with Crippen LogP contribution in [0.5, 0.6) is 11.5 Å². The molecule has 0 aliphatic heterocycles. The van der Waals surface area contributed by atoms with Gasteiger partial charge in [0.05, 0.1) is 12.7 Å². The van der Waals surface area contributed by atoms with Gasteiger partial charge in [-0.05, 0) is 40.8 Å². The summed E-state index contributed by atoms with van der Waals surface area (Å²) in [6.45, 7) is 1.81. The lowest BCUT2D eigenvalue weighted by Gasteiger charge is -2.20. The lowest BCUT2D eigenvalue weighted by atomic mass is 9.94. The molecule has 0 aliphatic rings. The molecule has 0 radical (unpaired) electrons. The maximum absolute atomic E-state index is 13.4. The van der Waals surface area contributed by atoms with E-state index in [9.17, 15) is 26.3 Å². The van der Waals surface area contributed by atoms with E-state index >= 15 is 0 Å². The maximum Gasteiger partial charge on any atom is 0.573 e. The molecule has 3 aromatic rings. The molecule has 170 valence electrons. The van der Waals surface area contributed by atoms with Crippen LogP contribution in [-0.2, 0) is 19.0 Å². The van der Waals surface area contributed by atoms with Crippen molar-refractivity contribution in [2.45, 2.75) is 32.3 Å². The second kappa shape index (κ2) is 9.14. The summed E-state index contributed by atoms with van der Waals surface area (Å²) in [5.41, 5.74) is 0.586. The minimum atomic E-state index is -5.01. The van der Waals surface area contributed by atoms with E-state index in [4.69, 9.17) is 4.74 Å². The molecule has 0 amide bonds. The molecular formula is C24H20F6O2. The van der Waals surface area contributed by atoms with Crippen LogP contribution in [0.15, 0.2) is 60.7 Å². The number of ether oxygens (including phenoxy) is 2. The van der Waals surface area contributed by atoms with Gasteiger partial charge in [0.1, 0.15) is 11.5 Å². The van der Waals surface area contributed by atoms with Crippen molar-refractivity contribution in [3.05, 3.63) is 94.0 Å². The molecule has 0 aliphatic carbocycles. The van der Waals surface area contributed by atoms with Crippen LogP contribution in [0.1, 0.15) is 33.4 Å². The van der Waals surface area contributed by atoms with Gasteiger partial charge in [0.2, 0.25) is 0 Å². The number of para-hydroxylation sites is 2. The normalized spacial score (nSPS) is 12.0. The van der Waals surface area contributed by atoms with E-state index in [2.05, 4.69) is 4.74 Å². The fourth-order valence-electron chi connectivity index (χ4n) is 3.67. The highest BCUT2D eigenvalue weighted by molar-refractivity contribution is 5.50. The third kappa shape index (κ3) is 5.55. The summed E-state index contributed by atoms with van der Waals surface area (Å²) in [6.07, 6.45) is -9.97. The van der Waals surface area contributed by atoms with Crippen LogP contribution in [0, 0.1) is 6.92 Å². The molecule has 0 N–H and O–H groups in total. The molecule has 2 nitrogen and oxygen atoms in total. The third-order valence-electron chi connectivity index (χ3n) is 4.98. The van der Waals surface area contributed by atoms with Crippen LogP contribution in [0.3, 0.4) is 0 Å². The molecule has 0 unspecified atom stereocenters. The van der Waals surface area contributed by atoms with Crippen LogP contribution in [0.4, 0.5) is 26.3 Å². The van der Waals surface area contributed by atoms with Crippen LogP contribution in [0.25, 0.3) is 0 Å². The number of halogens is 6. The molecule has 3 aromatic carbocycles. The predicted molar refractivity (Wildman–Crippen MR) is 108 cm³/mol. The van der Waals surface area contributed by atoms with Gasteiger partial charge in [-0.25, -0.2) is 0 Å². The second-order valence-corrected chi connectivity index (χ2v) is 7.23. The minimum absolute atomic E-state index is 0.00291. The highest BCUT2D eigenvalue weighted by Crippen LogP contribution is 2.38. The van der Waals surface area contributed by atoms with Crippen molar-refractivity contribution in [2.24, 2.45) is 0 Å². The Kier molecular flexibility index (Phi) is 6.71. The highest BCUT2D eigenvalue weighted by atomic mass is 19.4. The Morgan fingerprint density at radius 2 is 1.16 bits per heavy atom. The number of rotatable bonds is 6. The van der Waals surface area contributed by atoms with E-state index < -0.39 is 23.9 Å². The van der Waals surface area contributed by atoms with E-state index in [-0.39, 0.29) is 29.5 Å².